The van der Waals surface area contributed by atoms with Crippen LogP contribution >= 0.6 is 12.4 Å². The predicted octanol–water partition coefficient (Wildman–Crippen LogP) is 3.00. The molecule has 0 aliphatic carbocycles. The van der Waals surface area contributed by atoms with Gasteiger partial charge in [0.15, 0.2) is 11.5 Å². The molecule has 1 aromatic carbocycles. The van der Waals surface area contributed by atoms with E-state index in [4.69, 9.17) is 14.2 Å². The molecule has 0 bridgehead atoms. The lowest BCUT2D eigenvalue weighted by Gasteiger charge is -2.26. The van der Waals surface area contributed by atoms with E-state index >= 15 is 0 Å². The average molecular weight is 316 g/mol. The van der Waals surface area contributed by atoms with E-state index in [-0.39, 0.29) is 12.4 Å². The van der Waals surface area contributed by atoms with Crippen molar-refractivity contribution in [3.8, 4) is 11.5 Å². The molecule has 1 saturated heterocycles. The molecule has 0 spiro atoms. The van der Waals surface area contributed by atoms with Crippen LogP contribution in [0.2, 0.25) is 0 Å². The third-order valence-electron chi connectivity index (χ3n) is 3.29. The zero-order valence-corrected chi connectivity index (χ0v) is 13.6. The molecule has 2 rings (SSSR count). The van der Waals surface area contributed by atoms with Crippen LogP contribution in [0.25, 0.3) is 0 Å². The second kappa shape index (κ2) is 10.7. The zero-order valence-electron chi connectivity index (χ0n) is 12.8. The zero-order chi connectivity index (χ0) is 14.0. The Morgan fingerprint density at radius 3 is 2.29 bits per heavy atom. The van der Waals surface area contributed by atoms with Crippen molar-refractivity contribution in [1.29, 1.82) is 0 Å². The van der Waals surface area contributed by atoms with Gasteiger partial charge in [0, 0.05) is 19.6 Å². The van der Waals surface area contributed by atoms with Gasteiger partial charge >= 0.3 is 0 Å². The quantitative estimate of drug-likeness (QED) is 0.690. The second-order valence-corrected chi connectivity index (χ2v) is 4.95. The fraction of sp³-hybridized carbons (Fsp3) is 0.625. The number of para-hydroxylation sites is 2. The van der Waals surface area contributed by atoms with Gasteiger partial charge in [0.25, 0.3) is 0 Å². The standard InChI is InChI=1S/C16H25NO3.ClH/c1-2-11-19-15-6-3-4-7-16(15)20-12-5-8-17-9-13-18-14-10-17;/h3-4,6-7H,2,5,8-14H2,1H3;1H. The van der Waals surface area contributed by atoms with Crippen molar-refractivity contribution in [3.05, 3.63) is 24.3 Å². The Kier molecular flexibility index (Phi) is 9.22. The Balaban J connectivity index is 0.00000220. The van der Waals surface area contributed by atoms with Crippen molar-refractivity contribution < 1.29 is 14.2 Å². The van der Waals surface area contributed by atoms with Gasteiger partial charge in [0.2, 0.25) is 0 Å². The van der Waals surface area contributed by atoms with E-state index in [0.29, 0.717) is 0 Å². The molecule has 1 heterocycles. The maximum absolute atomic E-state index is 5.84. The van der Waals surface area contributed by atoms with Crippen LogP contribution in [-0.4, -0.2) is 51.0 Å². The van der Waals surface area contributed by atoms with Crippen molar-refractivity contribution in [3.63, 3.8) is 0 Å². The normalized spacial score (nSPS) is 15.3. The lowest BCUT2D eigenvalue weighted by atomic mass is 10.3. The van der Waals surface area contributed by atoms with Gasteiger partial charge in [-0.25, -0.2) is 0 Å². The molecule has 1 aliphatic heterocycles. The fourth-order valence-corrected chi connectivity index (χ4v) is 2.20. The van der Waals surface area contributed by atoms with Crippen LogP contribution in [0.4, 0.5) is 0 Å². The van der Waals surface area contributed by atoms with Gasteiger partial charge in [0.05, 0.1) is 26.4 Å². The molecule has 21 heavy (non-hydrogen) atoms. The highest BCUT2D eigenvalue weighted by atomic mass is 35.5. The molecule has 4 nitrogen and oxygen atoms in total. The molecule has 5 heteroatoms. The molecule has 0 radical (unpaired) electrons. The van der Waals surface area contributed by atoms with Crippen molar-refractivity contribution in [2.45, 2.75) is 19.8 Å². The van der Waals surface area contributed by atoms with Crippen LogP contribution in [0.1, 0.15) is 19.8 Å². The molecule has 120 valence electrons. The van der Waals surface area contributed by atoms with Crippen LogP contribution in [0.5, 0.6) is 11.5 Å². The first kappa shape index (κ1) is 18.1. The molecule has 1 aromatic rings. The number of hydrogen-bond donors (Lipinski definition) is 0. The minimum Gasteiger partial charge on any atom is -0.490 e. The molecule has 1 aliphatic rings. The van der Waals surface area contributed by atoms with Gasteiger partial charge in [-0.3, -0.25) is 4.90 Å². The molecule has 0 aromatic heterocycles. The first-order chi connectivity index (χ1) is 9.90. The first-order valence-corrected chi connectivity index (χ1v) is 7.55. The summed E-state index contributed by atoms with van der Waals surface area (Å²) < 4.78 is 16.9. The van der Waals surface area contributed by atoms with Crippen LogP contribution in [0.15, 0.2) is 24.3 Å². The maximum atomic E-state index is 5.84. The Hall–Kier alpha value is -0.970. The van der Waals surface area contributed by atoms with Gasteiger partial charge in [-0.15, -0.1) is 12.4 Å². The lowest BCUT2D eigenvalue weighted by molar-refractivity contribution is 0.0357. The maximum Gasteiger partial charge on any atom is 0.161 e. The Bertz CT molecular complexity index is 384. The number of nitrogens with zero attached hydrogens (tertiary/aromatic N) is 1. The number of halogens is 1. The van der Waals surface area contributed by atoms with E-state index in [0.717, 1.165) is 70.4 Å². The van der Waals surface area contributed by atoms with Gasteiger partial charge < -0.3 is 14.2 Å². The minimum atomic E-state index is 0. The molecule has 0 N–H and O–H groups in total. The highest BCUT2D eigenvalue weighted by Gasteiger charge is 2.09. The molecular formula is C16H26ClNO3. The number of hydrogen-bond acceptors (Lipinski definition) is 4. The monoisotopic (exact) mass is 315 g/mol. The number of ether oxygens (including phenoxy) is 3. The Morgan fingerprint density at radius 2 is 1.67 bits per heavy atom. The van der Waals surface area contributed by atoms with Crippen molar-refractivity contribution >= 4 is 12.4 Å². The van der Waals surface area contributed by atoms with E-state index in [2.05, 4.69) is 11.8 Å². The van der Waals surface area contributed by atoms with E-state index in [1.165, 1.54) is 0 Å². The summed E-state index contributed by atoms with van der Waals surface area (Å²) in [5, 5.41) is 0. The van der Waals surface area contributed by atoms with Crippen LogP contribution in [0.3, 0.4) is 0 Å². The third-order valence-corrected chi connectivity index (χ3v) is 3.29. The Morgan fingerprint density at radius 1 is 1.05 bits per heavy atom. The van der Waals surface area contributed by atoms with Gasteiger partial charge in [-0.2, -0.15) is 0 Å². The molecule has 1 fully saturated rings. The van der Waals surface area contributed by atoms with Crippen LogP contribution in [-0.2, 0) is 4.74 Å². The van der Waals surface area contributed by atoms with E-state index in [1.54, 1.807) is 0 Å². The largest absolute Gasteiger partial charge is 0.490 e. The summed E-state index contributed by atoms with van der Waals surface area (Å²) in [4.78, 5) is 2.42. The van der Waals surface area contributed by atoms with Crippen molar-refractivity contribution in [2.75, 3.05) is 46.1 Å². The lowest BCUT2D eigenvalue weighted by Crippen LogP contribution is -2.37. The van der Waals surface area contributed by atoms with E-state index in [1.807, 2.05) is 24.3 Å². The van der Waals surface area contributed by atoms with Crippen LogP contribution < -0.4 is 9.47 Å². The number of benzene rings is 1. The highest BCUT2D eigenvalue weighted by molar-refractivity contribution is 5.85. The fourth-order valence-electron chi connectivity index (χ4n) is 2.20. The minimum absolute atomic E-state index is 0. The van der Waals surface area contributed by atoms with Gasteiger partial charge in [-0.1, -0.05) is 19.1 Å². The van der Waals surface area contributed by atoms with Gasteiger partial charge in [-0.05, 0) is 25.0 Å². The molecule has 0 saturated carbocycles. The molecule has 0 amide bonds. The summed E-state index contributed by atoms with van der Waals surface area (Å²) in [7, 11) is 0. The van der Waals surface area contributed by atoms with Crippen molar-refractivity contribution in [2.24, 2.45) is 0 Å². The summed E-state index contributed by atoms with van der Waals surface area (Å²) in [5.41, 5.74) is 0. The van der Waals surface area contributed by atoms with E-state index < -0.39 is 0 Å². The molecule has 0 unspecified atom stereocenters. The molecular weight excluding hydrogens is 290 g/mol. The van der Waals surface area contributed by atoms with Gasteiger partial charge in [0.1, 0.15) is 0 Å². The van der Waals surface area contributed by atoms with Crippen molar-refractivity contribution in [1.82, 2.24) is 4.90 Å². The SMILES string of the molecule is CCCOc1ccccc1OCCCN1CCOCC1.Cl. The first-order valence-electron chi connectivity index (χ1n) is 7.55. The summed E-state index contributed by atoms with van der Waals surface area (Å²) in [6.07, 6.45) is 2.04. The van der Waals surface area contributed by atoms with E-state index in [9.17, 15) is 0 Å². The summed E-state index contributed by atoms with van der Waals surface area (Å²) in [6.45, 7) is 8.42. The highest BCUT2D eigenvalue weighted by Crippen LogP contribution is 2.26. The molecule has 0 atom stereocenters. The topological polar surface area (TPSA) is 30.9 Å². The predicted molar refractivity (Wildman–Crippen MR) is 86.8 cm³/mol. The summed E-state index contributed by atoms with van der Waals surface area (Å²) in [5.74, 6) is 1.70. The summed E-state index contributed by atoms with van der Waals surface area (Å²) in [6, 6.07) is 7.90. The van der Waals surface area contributed by atoms with Crippen LogP contribution in [0, 0.1) is 0 Å². The smallest absolute Gasteiger partial charge is 0.161 e. The Labute approximate surface area is 133 Å². The third kappa shape index (κ3) is 6.55. The number of rotatable bonds is 8. The summed E-state index contributed by atoms with van der Waals surface area (Å²) >= 11 is 0. The second-order valence-electron chi connectivity index (χ2n) is 4.95. The average Bonchev–Trinajstić information content (AvgIpc) is 2.51. The number of morpholine rings is 1.